The second-order valence-corrected chi connectivity index (χ2v) is 6.07. The molecule has 1 amide bonds. The first kappa shape index (κ1) is 17.6. The number of carbonyl (C=O) groups is 1. The lowest BCUT2D eigenvalue weighted by Crippen LogP contribution is -2.24. The molecule has 0 aliphatic carbocycles. The number of hydrogen-bond acceptors (Lipinski definition) is 4. The Bertz CT molecular complexity index is 873. The van der Waals surface area contributed by atoms with E-state index in [0.29, 0.717) is 18.1 Å². The minimum atomic E-state index is -0.236. The van der Waals surface area contributed by atoms with Gasteiger partial charge in [0.2, 0.25) is 0 Å². The van der Waals surface area contributed by atoms with Gasteiger partial charge in [-0.2, -0.15) is 0 Å². The van der Waals surface area contributed by atoms with Crippen molar-refractivity contribution in [3.05, 3.63) is 83.3 Å². The predicted molar refractivity (Wildman–Crippen MR) is 103 cm³/mol. The van der Waals surface area contributed by atoms with Gasteiger partial charge in [-0.3, -0.25) is 4.79 Å². The summed E-state index contributed by atoms with van der Waals surface area (Å²) in [5, 5.41) is 6.06. The molecule has 0 unspecified atom stereocenters. The highest BCUT2D eigenvalue weighted by atomic mass is 16.1. The molecule has 0 bridgehead atoms. The highest BCUT2D eigenvalue weighted by molar-refractivity contribution is 5.92. The Hall–Kier alpha value is -3.21. The summed E-state index contributed by atoms with van der Waals surface area (Å²) in [5.41, 5.74) is 4.75. The molecule has 2 aromatic carbocycles. The topological polar surface area (TPSA) is 66.9 Å². The van der Waals surface area contributed by atoms with Crippen molar-refractivity contribution < 1.29 is 4.79 Å². The number of benzene rings is 2. The Kier molecular flexibility index (Phi) is 5.59. The summed E-state index contributed by atoms with van der Waals surface area (Å²) < 4.78 is 0. The van der Waals surface area contributed by atoms with Crippen LogP contribution in [-0.2, 0) is 13.0 Å². The average molecular weight is 346 g/mol. The summed E-state index contributed by atoms with van der Waals surface area (Å²) in [4.78, 5) is 20.7. The molecule has 132 valence electrons. The van der Waals surface area contributed by atoms with Crippen molar-refractivity contribution in [2.45, 2.75) is 26.8 Å². The van der Waals surface area contributed by atoms with E-state index in [4.69, 9.17) is 0 Å². The molecular weight excluding hydrogens is 324 g/mol. The second-order valence-electron chi connectivity index (χ2n) is 6.07. The number of anilines is 2. The summed E-state index contributed by atoms with van der Waals surface area (Å²) in [6.07, 6.45) is 4.05. The molecule has 0 aliphatic rings. The lowest BCUT2D eigenvalue weighted by molar-refractivity contribution is 0.0945. The molecular formula is C21H22N4O. The zero-order valence-electron chi connectivity index (χ0n) is 15.0. The van der Waals surface area contributed by atoms with Crippen LogP contribution in [0.3, 0.4) is 0 Å². The molecule has 3 rings (SSSR count). The van der Waals surface area contributed by atoms with Gasteiger partial charge < -0.3 is 10.6 Å². The fraction of sp³-hybridized carbons (Fsp3) is 0.190. The number of nitrogens with zero attached hydrogens (tertiary/aromatic N) is 2. The lowest BCUT2D eigenvalue weighted by Gasteiger charge is -2.08. The van der Waals surface area contributed by atoms with Crippen LogP contribution >= 0.6 is 0 Å². The monoisotopic (exact) mass is 346 g/mol. The van der Waals surface area contributed by atoms with Gasteiger partial charge in [-0.05, 0) is 42.2 Å². The predicted octanol–water partition coefficient (Wildman–Crippen LogP) is 4.02. The van der Waals surface area contributed by atoms with E-state index in [1.54, 1.807) is 6.20 Å². The van der Waals surface area contributed by atoms with Crippen molar-refractivity contribution in [2.24, 2.45) is 0 Å². The Labute approximate surface area is 153 Å². The van der Waals surface area contributed by atoms with Crippen LogP contribution in [0.5, 0.6) is 0 Å². The molecule has 0 aliphatic heterocycles. The van der Waals surface area contributed by atoms with Gasteiger partial charge in [0.1, 0.15) is 11.5 Å². The van der Waals surface area contributed by atoms with Crippen molar-refractivity contribution in [1.29, 1.82) is 0 Å². The van der Waals surface area contributed by atoms with Gasteiger partial charge in [-0.25, -0.2) is 9.97 Å². The number of aryl methyl sites for hydroxylation is 2. The van der Waals surface area contributed by atoms with Crippen LogP contribution in [0.1, 0.15) is 34.1 Å². The molecule has 5 heteroatoms. The van der Waals surface area contributed by atoms with Crippen LogP contribution in [0.15, 0.2) is 60.9 Å². The second kappa shape index (κ2) is 8.25. The van der Waals surface area contributed by atoms with E-state index in [-0.39, 0.29) is 5.91 Å². The number of hydrogen-bond donors (Lipinski definition) is 2. The summed E-state index contributed by atoms with van der Waals surface area (Å²) >= 11 is 0. The fourth-order valence-corrected chi connectivity index (χ4v) is 2.56. The molecule has 3 aromatic rings. The highest BCUT2D eigenvalue weighted by Gasteiger charge is 2.08. The SMILES string of the molecule is CCc1ccc(Nc2cnc(C(=O)NCc3ccccc3C)cn2)cc1. The van der Waals surface area contributed by atoms with Gasteiger partial charge in [0.15, 0.2) is 0 Å². The smallest absolute Gasteiger partial charge is 0.271 e. The first-order chi connectivity index (χ1) is 12.7. The van der Waals surface area contributed by atoms with Crippen molar-refractivity contribution in [2.75, 3.05) is 5.32 Å². The molecule has 0 spiro atoms. The highest BCUT2D eigenvalue weighted by Crippen LogP contribution is 2.15. The molecule has 1 aromatic heterocycles. The van der Waals surface area contributed by atoms with Crippen molar-refractivity contribution in [3.8, 4) is 0 Å². The maximum Gasteiger partial charge on any atom is 0.271 e. The number of rotatable bonds is 6. The van der Waals surface area contributed by atoms with Crippen LogP contribution in [0.2, 0.25) is 0 Å². The number of amides is 1. The van der Waals surface area contributed by atoms with E-state index < -0.39 is 0 Å². The number of aromatic nitrogens is 2. The van der Waals surface area contributed by atoms with E-state index in [2.05, 4.69) is 39.7 Å². The average Bonchev–Trinajstić information content (AvgIpc) is 2.68. The summed E-state index contributed by atoms with van der Waals surface area (Å²) in [5.74, 6) is 0.365. The summed E-state index contributed by atoms with van der Waals surface area (Å²) in [6, 6.07) is 16.1. The number of carbonyl (C=O) groups excluding carboxylic acids is 1. The Morgan fingerprint density at radius 2 is 1.77 bits per heavy atom. The lowest BCUT2D eigenvalue weighted by atomic mass is 10.1. The van der Waals surface area contributed by atoms with Crippen LogP contribution in [0.4, 0.5) is 11.5 Å². The van der Waals surface area contributed by atoms with E-state index in [0.717, 1.165) is 23.2 Å². The first-order valence-electron chi connectivity index (χ1n) is 8.66. The Balaban J connectivity index is 1.59. The van der Waals surface area contributed by atoms with Crippen LogP contribution in [0.25, 0.3) is 0 Å². The van der Waals surface area contributed by atoms with E-state index in [9.17, 15) is 4.79 Å². The van der Waals surface area contributed by atoms with Crippen LogP contribution in [-0.4, -0.2) is 15.9 Å². The molecule has 0 atom stereocenters. The van der Waals surface area contributed by atoms with E-state index in [1.165, 1.54) is 11.8 Å². The molecule has 0 fully saturated rings. The van der Waals surface area contributed by atoms with E-state index in [1.807, 2.05) is 43.3 Å². The largest absolute Gasteiger partial charge is 0.347 e. The Morgan fingerprint density at radius 1 is 1.00 bits per heavy atom. The maximum absolute atomic E-state index is 12.2. The molecule has 1 heterocycles. The zero-order valence-corrected chi connectivity index (χ0v) is 15.0. The third-order valence-electron chi connectivity index (χ3n) is 4.22. The minimum absolute atomic E-state index is 0.236. The third kappa shape index (κ3) is 4.45. The molecule has 0 saturated carbocycles. The maximum atomic E-state index is 12.2. The summed E-state index contributed by atoms with van der Waals surface area (Å²) in [6.45, 7) is 4.61. The third-order valence-corrected chi connectivity index (χ3v) is 4.22. The summed E-state index contributed by atoms with van der Waals surface area (Å²) in [7, 11) is 0. The van der Waals surface area contributed by atoms with E-state index >= 15 is 0 Å². The van der Waals surface area contributed by atoms with Crippen molar-refractivity contribution in [3.63, 3.8) is 0 Å². The van der Waals surface area contributed by atoms with Crippen LogP contribution < -0.4 is 10.6 Å². The van der Waals surface area contributed by atoms with Gasteiger partial charge in [-0.15, -0.1) is 0 Å². The fourth-order valence-electron chi connectivity index (χ4n) is 2.56. The van der Waals surface area contributed by atoms with Crippen molar-refractivity contribution in [1.82, 2.24) is 15.3 Å². The van der Waals surface area contributed by atoms with Crippen molar-refractivity contribution >= 4 is 17.4 Å². The minimum Gasteiger partial charge on any atom is -0.347 e. The molecule has 5 nitrogen and oxygen atoms in total. The van der Waals surface area contributed by atoms with Gasteiger partial charge in [0, 0.05) is 12.2 Å². The molecule has 0 radical (unpaired) electrons. The molecule has 26 heavy (non-hydrogen) atoms. The van der Waals surface area contributed by atoms with Gasteiger partial charge >= 0.3 is 0 Å². The first-order valence-corrected chi connectivity index (χ1v) is 8.66. The van der Waals surface area contributed by atoms with Gasteiger partial charge in [-0.1, -0.05) is 43.3 Å². The van der Waals surface area contributed by atoms with Gasteiger partial charge in [0.05, 0.1) is 12.4 Å². The van der Waals surface area contributed by atoms with Gasteiger partial charge in [0.25, 0.3) is 5.91 Å². The zero-order chi connectivity index (χ0) is 18.4. The normalized spacial score (nSPS) is 10.4. The molecule has 0 saturated heterocycles. The Morgan fingerprint density at radius 3 is 2.42 bits per heavy atom. The number of nitrogens with one attached hydrogen (secondary N) is 2. The standard InChI is InChI=1S/C21H22N4O/c1-3-16-8-10-18(11-9-16)25-20-14-22-19(13-23-20)21(26)24-12-17-7-5-4-6-15(17)2/h4-11,13-14H,3,12H2,1-2H3,(H,23,25)(H,24,26). The quantitative estimate of drug-likeness (QED) is 0.707. The molecule has 2 N–H and O–H groups in total. The van der Waals surface area contributed by atoms with Crippen LogP contribution in [0, 0.1) is 6.92 Å².